The summed E-state index contributed by atoms with van der Waals surface area (Å²) < 4.78 is 10.4. The Balaban J connectivity index is 2.16. The molecule has 0 atom stereocenters. The maximum absolute atomic E-state index is 12.5. The molecular weight excluding hydrogens is 352 g/mol. The van der Waals surface area contributed by atoms with E-state index in [2.05, 4.69) is 10.6 Å². The van der Waals surface area contributed by atoms with E-state index in [9.17, 15) is 19.5 Å². The lowest BCUT2D eigenvalue weighted by atomic mass is 10.1. The molecule has 2 aromatic rings. The van der Waals surface area contributed by atoms with Crippen LogP contribution in [0.2, 0.25) is 0 Å². The van der Waals surface area contributed by atoms with Gasteiger partial charge in [0.05, 0.1) is 25.9 Å². The second-order valence-electron chi connectivity index (χ2n) is 5.24. The summed E-state index contributed by atoms with van der Waals surface area (Å²) in [7, 11) is 2.99. The van der Waals surface area contributed by atoms with Crippen LogP contribution in [-0.4, -0.2) is 32.0 Å². The predicted octanol–water partition coefficient (Wildman–Crippen LogP) is 1.20. The summed E-state index contributed by atoms with van der Waals surface area (Å²) in [5.41, 5.74) is 1.03. The number of hydrogen-bond donors (Lipinski definition) is 2. The van der Waals surface area contributed by atoms with E-state index in [1.807, 2.05) is 0 Å². The van der Waals surface area contributed by atoms with E-state index >= 15 is 0 Å². The van der Waals surface area contributed by atoms with E-state index in [1.54, 1.807) is 36.4 Å². The molecular formula is C19H17N2O6-. The van der Waals surface area contributed by atoms with Crippen LogP contribution in [0.1, 0.15) is 10.4 Å². The van der Waals surface area contributed by atoms with E-state index in [-0.39, 0.29) is 5.56 Å². The summed E-state index contributed by atoms with van der Waals surface area (Å²) >= 11 is 0. The molecule has 0 aromatic heterocycles. The SMILES string of the molecule is COc1ccc(OC)c(NC(=O)c2cccc(NC(=O)C=CC(=O)[O-])c2)c1. The van der Waals surface area contributed by atoms with Gasteiger partial charge in [-0.25, -0.2) is 0 Å². The quantitative estimate of drug-likeness (QED) is 0.709. The summed E-state index contributed by atoms with van der Waals surface area (Å²) in [6.07, 6.45) is 1.43. The Morgan fingerprint density at radius 3 is 2.41 bits per heavy atom. The molecule has 27 heavy (non-hydrogen) atoms. The van der Waals surface area contributed by atoms with Crippen molar-refractivity contribution in [3.8, 4) is 11.5 Å². The van der Waals surface area contributed by atoms with Gasteiger partial charge >= 0.3 is 0 Å². The molecule has 2 N–H and O–H groups in total. The third-order valence-electron chi connectivity index (χ3n) is 3.42. The molecule has 8 heteroatoms. The van der Waals surface area contributed by atoms with Gasteiger partial charge in [-0.15, -0.1) is 0 Å². The van der Waals surface area contributed by atoms with Gasteiger partial charge in [0.2, 0.25) is 5.91 Å². The van der Waals surface area contributed by atoms with Gasteiger partial charge in [-0.3, -0.25) is 9.59 Å². The van der Waals surface area contributed by atoms with Crippen molar-refractivity contribution in [3.63, 3.8) is 0 Å². The van der Waals surface area contributed by atoms with Crippen molar-refractivity contribution in [2.75, 3.05) is 24.9 Å². The van der Waals surface area contributed by atoms with Gasteiger partial charge in [0.15, 0.2) is 0 Å². The minimum atomic E-state index is -1.48. The van der Waals surface area contributed by atoms with Crippen LogP contribution < -0.4 is 25.2 Å². The Labute approximate surface area is 155 Å². The van der Waals surface area contributed by atoms with Crippen molar-refractivity contribution < 1.29 is 29.0 Å². The lowest BCUT2D eigenvalue weighted by molar-refractivity contribution is -0.297. The molecule has 2 rings (SSSR count). The highest BCUT2D eigenvalue weighted by Gasteiger charge is 2.12. The molecule has 2 aromatic carbocycles. The molecule has 0 unspecified atom stereocenters. The van der Waals surface area contributed by atoms with Crippen LogP contribution in [0, 0.1) is 0 Å². The molecule has 0 aliphatic rings. The Kier molecular flexibility index (Phi) is 6.54. The largest absolute Gasteiger partial charge is 0.545 e. The van der Waals surface area contributed by atoms with E-state index in [4.69, 9.17) is 9.47 Å². The molecule has 2 amide bonds. The third-order valence-corrected chi connectivity index (χ3v) is 3.42. The maximum Gasteiger partial charge on any atom is 0.255 e. The molecule has 0 fully saturated rings. The normalized spacial score (nSPS) is 10.3. The van der Waals surface area contributed by atoms with Gasteiger partial charge in [0.25, 0.3) is 5.91 Å². The zero-order chi connectivity index (χ0) is 19.8. The second kappa shape index (κ2) is 9.04. The minimum absolute atomic E-state index is 0.279. The summed E-state index contributed by atoms with van der Waals surface area (Å²) in [5.74, 6) is -1.56. The highest BCUT2D eigenvalue weighted by atomic mass is 16.5. The minimum Gasteiger partial charge on any atom is -0.545 e. The van der Waals surface area contributed by atoms with Gasteiger partial charge in [0, 0.05) is 23.4 Å². The van der Waals surface area contributed by atoms with Crippen LogP contribution in [0.25, 0.3) is 0 Å². The molecule has 140 valence electrons. The van der Waals surface area contributed by atoms with E-state index in [0.717, 1.165) is 6.08 Å². The second-order valence-corrected chi connectivity index (χ2v) is 5.24. The van der Waals surface area contributed by atoms with Gasteiger partial charge in [-0.2, -0.15) is 0 Å². The van der Waals surface area contributed by atoms with Gasteiger partial charge in [-0.05, 0) is 36.4 Å². The fraction of sp³-hybridized carbons (Fsp3) is 0.105. The first-order valence-electron chi connectivity index (χ1n) is 7.76. The molecule has 0 heterocycles. The lowest BCUT2D eigenvalue weighted by Crippen LogP contribution is -2.20. The number of benzene rings is 2. The van der Waals surface area contributed by atoms with Crippen LogP contribution in [0.15, 0.2) is 54.6 Å². The average Bonchev–Trinajstić information content (AvgIpc) is 2.66. The van der Waals surface area contributed by atoms with Crippen molar-refractivity contribution >= 4 is 29.2 Å². The van der Waals surface area contributed by atoms with Crippen LogP contribution in [-0.2, 0) is 9.59 Å². The van der Waals surface area contributed by atoms with E-state index < -0.39 is 17.8 Å². The van der Waals surface area contributed by atoms with Crippen LogP contribution in [0.5, 0.6) is 11.5 Å². The van der Waals surface area contributed by atoms with Crippen molar-refractivity contribution in [2.24, 2.45) is 0 Å². The number of nitrogens with one attached hydrogen (secondary N) is 2. The van der Waals surface area contributed by atoms with Crippen molar-refractivity contribution in [2.45, 2.75) is 0 Å². The number of methoxy groups -OCH3 is 2. The molecule has 0 spiro atoms. The summed E-state index contributed by atoms with van der Waals surface area (Å²) in [4.78, 5) is 34.5. The van der Waals surface area contributed by atoms with Crippen molar-refractivity contribution in [1.29, 1.82) is 0 Å². The number of anilines is 2. The van der Waals surface area contributed by atoms with Crippen LogP contribution in [0.3, 0.4) is 0 Å². The fourth-order valence-corrected chi connectivity index (χ4v) is 2.17. The smallest absolute Gasteiger partial charge is 0.255 e. The van der Waals surface area contributed by atoms with Gasteiger partial charge < -0.3 is 30.0 Å². The number of carbonyl (C=O) groups excluding carboxylic acids is 3. The number of carboxylic acid groups (broad SMARTS) is 1. The van der Waals surface area contributed by atoms with E-state index in [1.165, 1.54) is 20.3 Å². The van der Waals surface area contributed by atoms with Crippen molar-refractivity contribution in [1.82, 2.24) is 0 Å². The Bertz CT molecular complexity index is 892. The van der Waals surface area contributed by atoms with Gasteiger partial charge in [-0.1, -0.05) is 6.07 Å². The Morgan fingerprint density at radius 1 is 0.963 bits per heavy atom. The molecule has 0 aliphatic heterocycles. The molecule has 0 saturated heterocycles. The van der Waals surface area contributed by atoms with Gasteiger partial charge in [0.1, 0.15) is 11.5 Å². The molecule has 8 nitrogen and oxygen atoms in total. The number of aliphatic carboxylic acids is 1. The highest BCUT2D eigenvalue weighted by molar-refractivity contribution is 6.07. The van der Waals surface area contributed by atoms with E-state index in [0.29, 0.717) is 28.9 Å². The molecule has 0 radical (unpaired) electrons. The monoisotopic (exact) mass is 369 g/mol. The Morgan fingerprint density at radius 2 is 1.74 bits per heavy atom. The summed E-state index contributed by atoms with van der Waals surface area (Å²) in [5, 5.41) is 15.5. The first kappa shape index (κ1) is 19.5. The zero-order valence-electron chi connectivity index (χ0n) is 14.6. The number of hydrogen-bond acceptors (Lipinski definition) is 6. The first-order chi connectivity index (χ1) is 12.9. The fourth-order valence-electron chi connectivity index (χ4n) is 2.17. The molecule has 0 aliphatic carbocycles. The highest BCUT2D eigenvalue weighted by Crippen LogP contribution is 2.29. The Hall–Kier alpha value is -3.81. The third kappa shape index (κ3) is 5.60. The lowest BCUT2D eigenvalue weighted by Gasteiger charge is -2.12. The number of carbonyl (C=O) groups is 3. The topological polar surface area (TPSA) is 117 Å². The summed E-state index contributed by atoms with van der Waals surface area (Å²) in [6.45, 7) is 0. The van der Waals surface area contributed by atoms with Crippen LogP contribution in [0.4, 0.5) is 11.4 Å². The number of ether oxygens (including phenoxy) is 2. The van der Waals surface area contributed by atoms with Crippen molar-refractivity contribution in [3.05, 3.63) is 60.2 Å². The number of rotatable bonds is 7. The molecule has 0 saturated carbocycles. The maximum atomic E-state index is 12.5. The first-order valence-corrected chi connectivity index (χ1v) is 7.76. The molecule has 0 bridgehead atoms. The standard InChI is InChI=1S/C19H18N2O6/c1-26-14-6-7-16(27-2)15(11-14)21-19(25)12-4-3-5-13(10-12)20-17(22)8-9-18(23)24/h3-11H,1-2H3,(H,20,22)(H,21,25)(H,23,24)/p-1. The summed E-state index contributed by atoms with van der Waals surface area (Å²) in [6, 6.07) is 11.1. The zero-order valence-corrected chi connectivity index (χ0v) is 14.6. The average molecular weight is 369 g/mol. The number of amides is 2. The van der Waals surface area contributed by atoms with Crippen LogP contribution >= 0.6 is 0 Å². The number of carboxylic acids is 1. The predicted molar refractivity (Wildman–Crippen MR) is 96.7 cm³/mol.